The van der Waals surface area contributed by atoms with Gasteiger partial charge in [0, 0.05) is 11.3 Å². The van der Waals surface area contributed by atoms with Gasteiger partial charge in [0.05, 0.1) is 17.8 Å². The molecule has 0 aliphatic heterocycles. The normalized spacial score (nSPS) is 11.6. The molecule has 0 bridgehead atoms. The summed E-state index contributed by atoms with van der Waals surface area (Å²) in [6.07, 6.45) is -4.44. The zero-order valence-corrected chi connectivity index (χ0v) is 16.0. The van der Waals surface area contributed by atoms with Crippen LogP contribution in [-0.2, 0) is 12.7 Å². The van der Waals surface area contributed by atoms with Gasteiger partial charge in [-0.15, -0.1) is 5.10 Å². The van der Waals surface area contributed by atoms with Gasteiger partial charge < -0.3 is 9.84 Å². The predicted molar refractivity (Wildman–Crippen MR) is 101 cm³/mol. The van der Waals surface area contributed by atoms with Crippen molar-refractivity contribution >= 4 is 5.69 Å². The molecule has 2 aromatic carbocycles. The van der Waals surface area contributed by atoms with Gasteiger partial charge in [-0.2, -0.15) is 22.8 Å². The first-order valence-electron chi connectivity index (χ1n) is 8.91. The van der Waals surface area contributed by atoms with Crippen molar-refractivity contribution in [1.29, 1.82) is 0 Å². The number of anilines is 1. The molecule has 0 unspecified atom stereocenters. The van der Waals surface area contributed by atoms with Crippen LogP contribution in [0.5, 0.6) is 0 Å². The molecular weight excluding hydrogens is 399 g/mol. The molecule has 0 aliphatic rings. The molecule has 0 saturated carbocycles. The maximum absolute atomic E-state index is 12.9. The summed E-state index contributed by atoms with van der Waals surface area (Å²) < 4.78 is 45.5. The minimum Gasteiger partial charge on any atom is -0.376 e. The average molecular weight is 415 g/mol. The zero-order chi connectivity index (χ0) is 21.3. The lowest BCUT2D eigenvalue weighted by atomic mass is 10.1. The lowest BCUT2D eigenvalue weighted by Crippen LogP contribution is -2.05. The molecule has 1 N–H and O–H groups in total. The van der Waals surface area contributed by atoms with Gasteiger partial charge in [0.1, 0.15) is 0 Å². The first kappa shape index (κ1) is 19.6. The lowest BCUT2D eigenvalue weighted by Gasteiger charge is -2.10. The fourth-order valence-electron chi connectivity index (χ4n) is 2.86. The Hall–Kier alpha value is -3.76. The highest BCUT2D eigenvalue weighted by molar-refractivity contribution is 5.56. The Balaban J connectivity index is 1.50. The van der Waals surface area contributed by atoms with Gasteiger partial charge in [-0.3, -0.25) is 0 Å². The molecule has 0 radical (unpaired) electrons. The largest absolute Gasteiger partial charge is 0.416 e. The third kappa shape index (κ3) is 4.00. The Labute approximate surface area is 168 Å². The second-order valence-electron chi connectivity index (χ2n) is 6.58. The quantitative estimate of drug-likeness (QED) is 0.527. The van der Waals surface area contributed by atoms with E-state index in [0.29, 0.717) is 5.82 Å². The van der Waals surface area contributed by atoms with Crippen LogP contribution in [0, 0.1) is 13.8 Å². The van der Waals surface area contributed by atoms with E-state index in [0.717, 1.165) is 29.1 Å². The van der Waals surface area contributed by atoms with Crippen molar-refractivity contribution in [3.05, 3.63) is 65.3 Å². The molecule has 2 heterocycles. The molecule has 11 heteroatoms. The topological polar surface area (TPSA) is 94.6 Å². The van der Waals surface area contributed by atoms with Crippen LogP contribution in [0.15, 0.2) is 47.0 Å². The van der Waals surface area contributed by atoms with E-state index in [1.54, 1.807) is 11.6 Å². The number of nitrogens with zero attached hydrogens (tertiary/aromatic N) is 6. The number of halogens is 3. The van der Waals surface area contributed by atoms with E-state index in [2.05, 4.69) is 31.0 Å². The first-order valence-corrected chi connectivity index (χ1v) is 8.91. The minimum atomic E-state index is -4.44. The van der Waals surface area contributed by atoms with Crippen molar-refractivity contribution in [2.45, 2.75) is 26.6 Å². The minimum absolute atomic E-state index is 0.0896. The molecule has 0 fully saturated rings. The molecule has 0 atom stereocenters. The molecule has 30 heavy (non-hydrogen) atoms. The zero-order valence-electron chi connectivity index (χ0n) is 16.0. The Morgan fingerprint density at radius 3 is 2.67 bits per heavy atom. The Bertz CT molecular complexity index is 1180. The molecule has 0 saturated heterocycles. The van der Waals surface area contributed by atoms with E-state index >= 15 is 0 Å². The Morgan fingerprint density at radius 1 is 1.10 bits per heavy atom. The number of aromatic nitrogens is 6. The molecular formula is C19H16F3N7O. The van der Waals surface area contributed by atoms with Crippen molar-refractivity contribution in [2.24, 2.45) is 0 Å². The summed E-state index contributed by atoms with van der Waals surface area (Å²) in [4.78, 5) is 4.18. The monoisotopic (exact) mass is 415 g/mol. The standard InChI is InChI=1S/C19H16F3N7O/c1-11-6-7-15(9-16(11)29-12(2)25-27-28-29)23-10-17-24-18(26-30-17)13-4-3-5-14(8-13)19(20,21)22/h3-9,23H,10H2,1-2H3. The summed E-state index contributed by atoms with van der Waals surface area (Å²) in [5.41, 5.74) is 2.03. The molecule has 0 amide bonds. The van der Waals surface area contributed by atoms with Crippen molar-refractivity contribution in [1.82, 2.24) is 30.3 Å². The summed E-state index contributed by atoms with van der Waals surface area (Å²) in [6, 6.07) is 10.5. The van der Waals surface area contributed by atoms with Crippen molar-refractivity contribution in [3.63, 3.8) is 0 Å². The summed E-state index contributed by atoms with van der Waals surface area (Å²) in [5, 5.41) is 18.5. The van der Waals surface area contributed by atoms with Crippen LogP contribution in [0.4, 0.5) is 18.9 Å². The van der Waals surface area contributed by atoms with Gasteiger partial charge >= 0.3 is 6.18 Å². The van der Waals surface area contributed by atoms with Gasteiger partial charge in [0.25, 0.3) is 0 Å². The van der Waals surface area contributed by atoms with Gasteiger partial charge in [-0.25, -0.2) is 0 Å². The summed E-state index contributed by atoms with van der Waals surface area (Å²) in [5.74, 6) is 0.979. The third-order valence-corrected chi connectivity index (χ3v) is 4.42. The van der Waals surface area contributed by atoms with Crippen molar-refractivity contribution in [2.75, 3.05) is 5.32 Å². The van der Waals surface area contributed by atoms with E-state index in [-0.39, 0.29) is 23.8 Å². The fraction of sp³-hybridized carbons (Fsp3) is 0.211. The fourth-order valence-corrected chi connectivity index (χ4v) is 2.86. The van der Waals surface area contributed by atoms with E-state index < -0.39 is 11.7 Å². The summed E-state index contributed by atoms with van der Waals surface area (Å²) in [7, 11) is 0. The van der Waals surface area contributed by atoms with Crippen LogP contribution in [0.25, 0.3) is 17.1 Å². The smallest absolute Gasteiger partial charge is 0.376 e. The second-order valence-corrected chi connectivity index (χ2v) is 6.58. The van der Waals surface area contributed by atoms with Gasteiger partial charge in [0.15, 0.2) is 5.82 Å². The molecule has 0 spiro atoms. The second kappa shape index (κ2) is 7.58. The summed E-state index contributed by atoms with van der Waals surface area (Å²) in [6.45, 7) is 3.94. The maximum Gasteiger partial charge on any atom is 0.416 e. The van der Waals surface area contributed by atoms with Gasteiger partial charge in [0.2, 0.25) is 11.7 Å². The molecule has 8 nitrogen and oxygen atoms in total. The highest BCUT2D eigenvalue weighted by Crippen LogP contribution is 2.31. The number of hydrogen-bond acceptors (Lipinski definition) is 7. The third-order valence-electron chi connectivity index (χ3n) is 4.42. The predicted octanol–water partition coefficient (Wildman–Crippen LogP) is 3.96. The Morgan fingerprint density at radius 2 is 1.93 bits per heavy atom. The molecule has 0 aliphatic carbocycles. The highest BCUT2D eigenvalue weighted by Gasteiger charge is 2.30. The number of alkyl halides is 3. The number of rotatable bonds is 5. The van der Waals surface area contributed by atoms with Crippen LogP contribution < -0.4 is 5.32 Å². The molecule has 4 aromatic rings. The molecule has 2 aromatic heterocycles. The average Bonchev–Trinajstić information content (AvgIpc) is 3.36. The van der Waals surface area contributed by atoms with Gasteiger partial charge in [-0.1, -0.05) is 23.4 Å². The summed E-state index contributed by atoms with van der Waals surface area (Å²) >= 11 is 0. The number of benzene rings is 2. The van der Waals surface area contributed by atoms with Crippen LogP contribution in [-0.4, -0.2) is 30.3 Å². The van der Waals surface area contributed by atoms with E-state index in [4.69, 9.17) is 4.52 Å². The van der Waals surface area contributed by atoms with Crippen LogP contribution in [0.2, 0.25) is 0 Å². The van der Waals surface area contributed by atoms with Crippen LogP contribution in [0.3, 0.4) is 0 Å². The van der Waals surface area contributed by atoms with Gasteiger partial charge in [-0.05, 0) is 54.1 Å². The van der Waals surface area contributed by atoms with Crippen molar-refractivity contribution in [3.8, 4) is 17.1 Å². The maximum atomic E-state index is 12.9. The number of nitrogens with one attached hydrogen (secondary N) is 1. The van der Waals surface area contributed by atoms with E-state index in [1.807, 2.05) is 25.1 Å². The lowest BCUT2D eigenvalue weighted by molar-refractivity contribution is -0.137. The van der Waals surface area contributed by atoms with Crippen LogP contribution >= 0.6 is 0 Å². The van der Waals surface area contributed by atoms with E-state index in [9.17, 15) is 13.2 Å². The number of tetrazole rings is 1. The first-order chi connectivity index (χ1) is 14.3. The van der Waals surface area contributed by atoms with E-state index in [1.165, 1.54) is 12.1 Å². The number of aryl methyl sites for hydroxylation is 2. The Kier molecular flexibility index (Phi) is 4.94. The molecule has 4 rings (SSSR count). The number of hydrogen-bond donors (Lipinski definition) is 1. The molecule has 154 valence electrons. The SMILES string of the molecule is Cc1ccc(NCc2nc(-c3cccc(C(F)(F)F)c3)no2)cc1-n1nnnc1C. The van der Waals surface area contributed by atoms with Crippen molar-refractivity contribution < 1.29 is 17.7 Å². The highest BCUT2D eigenvalue weighted by atomic mass is 19.4. The van der Waals surface area contributed by atoms with Crippen LogP contribution in [0.1, 0.15) is 22.8 Å².